The number of halogens is 1. The van der Waals surface area contributed by atoms with Gasteiger partial charge in [-0.1, -0.05) is 31.4 Å². The maximum Gasteiger partial charge on any atom is 0.137 e. The number of nitrogens with two attached hydrogens (primary N) is 1. The number of ether oxygens (including phenoxy) is 1. The molecule has 1 aromatic rings. The highest BCUT2D eigenvalue weighted by atomic mass is 35.5. The van der Waals surface area contributed by atoms with E-state index in [4.69, 9.17) is 22.1 Å². The summed E-state index contributed by atoms with van der Waals surface area (Å²) in [5.74, 6) is 2.24. The van der Waals surface area contributed by atoms with Crippen molar-refractivity contribution >= 4 is 11.6 Å². The second kappa shape index (κ2) is 6.62. The molecule has 0 aliphatic heterocycles. The van der Waals surface area contributed by atoms with E-state index in [1.807, 2.05) is 6.07 Å². The highest BCUT2D eigenvalue weighted by Crippen LogP contribution is 2.44. The Bertz CT molecular complexity index is 433. The summed E-state index contributed by atoms with van der Waals surface area (Å²) in [7, 11) is 1.68. The lowest BCUT2D eigenvalue weighted by Gasteiger charge is -2.23. The van der Waals surface area contributed by atoms with Gasteiger partial charge in [-0.25, -0.2) is 0 Å². The van der Waals surface area contributed by atoms with Crippen LogP contribution in [0.5, 0.6) is 5.75 Å². The summed E-state index contributed by atoms with van der Waals surface area (Å²) in [6, 6.07) is 4.19. The molecule has 0 spiro atoms. The molecule has 0 heterocycles. The minimum Gasteiger partial charge on any atom is -0.495 e. The Morgan fingerprint density at radius 1 is 1.37 bits per heavy atom. The predicted octanol–water partition coefficient (Wildman–Crippen LogP) is 4.14. The van der Waals surface area contributed by atoms with E-state index in [0.717, 1.165) is 18.1 Å². The van der Waals surface area contributed by atoms with E-state index in [1.54, 1.807) is 7.11 Å². The maximum atomic E-state index is 6.25. The topological polar surface area (TPSA) is 35.2 Å². The first-order valence-electron chi connectivity index (χ1n) is 7.27. The molecule has 3 heteroatoms. The largest absolute Gasteiger partial charge is 0.495 e. The van der Waals surface area contributed by atoms with Gasteiger partial charge in [-0.3, -0.25) is 0 Å². The SMILES string of the molecule is CC[C@H]1CCC[C@@H]1c1cc(OC)c(Cl)cc1CCN. The van der Waals surface area contributed by atoms with E-state index < -0.39 is 0 Å². The van der Waals surface area contributed by atoms with Crippen molar-refractivity contribution in [1.29, 1.82) is 0 Å². The van der Waals surface area contributed by atoms with Crippen LogP contribution >= 0.6 is 11.6 Å². The average molecular weight is 282 g/mol. The average Bonchev–Trinajstić information content (AvgIpc) is 2.87. The number of benzene rings is 1. The zero-order valence-corrected chi connectivity index (χ0v) is 12.7. The quantitative estimate of drug-likeness (QED) is 0.880. The monoisotopic (exact) mass is 281 g/mol. The van der Waals surface area contributed by atoms with Crippen molar-refractivity contribution in [2.24, 2.45) is 11.7 Å². The van der Waals surface area contributed by atoms with Gasteiger partial charge in [0.25, 0.3) is 0 Å². The minimum absolute atomic E-state index is 0.651. The Kier molecular flexibility index (Phi) is 5.12. The minimum atomic E-state index is 0.651. The molecule has 1 fully saturated rings. The first-order chi connectivity index (χ1) is 9.21. The molecule has 0 aromatic heterocycles. The molecule has 0 unspecified atom stereocenters. The van der Waals surface area contributed by atoms with Gasteiger partial charge in [0, 0.05) is 0 Å². The predicted molar refractivity (Wildman–Crippen MR) is 81.1 cm³/mol. The van der Waals surface area contributed by atoms with Crippen molar-refractivity contribution in [2.75, 3.05) is 13.7 Å². The molecule has 1 saturated carbocycles. The van der Waals surface area contributed by atoms with Gasteiger partial charge in [-0.05, 0) is 60.9 Å². The van der Waals surface area contributed by atoms with Crippen LogP contribution in [0.3, 0.4) is 0 Å². The number of hydrogen-bond acceptors (Lipinski definition) is 2. The van der Waals surface area contributed by atoms with Crippen LogP contribution < -0.4 is 10.5 Å². The van der Waals surface area contributed by atoms with Crippen molar-refractivity contribution in [3.05, 3.63) is 28.3 Å². The lowest BCUT2D eigenvalue weighted by atomic mass is 9.84. The summed E-state index contributed by atoms with van der Waals surface area (Å²) in [5.41, 5.74) is 8.46. The Balaban J connectivity index is 2.40. The van der Waals surface area contributed by atoms with Crippen molar-refractivity contribution in [1.82, 2.24) is 0 Å². The summed E-state index contributed by atoms with van der Waals surface area (Å²) in [4.78, 5) is 0. The fourth-order valence-corrected chi connectivity index (χ4v) is 3.68. The first-order valence-corrected chi connectivity index (χ1v) is 7.65. The van der Waals surface area contributed by atoms with Gasteiger partial charge >= 0.3 is 0 Å². The van der Waals surface area contributed by atoms with Gasteiger partial charge in [-0.2, -0.15) is 0 Å². The van der Waals surface area contributed by atoms with Gasteiger partial charge < -0.3 is 10.5 Å². The standard InChI is InChI=1S/C16H24ClNO/c1-3-11-5-4-6-13(11)14-10-16(19-2)15(17)9-12(14)7-8-18/h9-11,13H,3-8,18H2,1-2H3/t11-,13-/m0/s1. The van der Waals surface area contributed by atoms with E-state index >= 15 is 0 Å². The van der Waals surface area contributed by atoms with Gasteiger partial charge in [0.05, 0.1) is 12.1 Å². The lowest BCUT2D eigenvalue weighted by molar-refractivity contribution is 0.411. The second-order valence-corrected chi connectivity index (χ2v) is 5.84. The Labute approximate surface area is 121 Å². The van der Waals surface area contributed by atoms with E-state index in [9.17, 15) is 0 Å². The van der Waals surface area contributed by atoms with Gasteiger partial charge in [0.1, 0.15) is 5.75 Å². The molecule has 1 aliphatic carbocycles. The Hall–Kier alpha value is -0.730. The zero-order chi connectivity index (χ0) is 13.8. The van der Waals surface area contributed by atoms with E-state index in [1.165, 1.54) is 36.8 Å². The van der Waals surface area contributed by atoms with Crippen molar-refractivity contribution in [2.45, 2.75) is 44.9 Å². The van der Waals surface area contributed by atoms with Crippen LogP contribution in [0.1, 0.15) is 49.7 Å². The normalized spacial score (nSPS) is 22.7. The number of methoxy groups -OCH3 is 1. The molecule has 2 atom stereocenters. The van der Waals surface area contributed by atoms with E-state index in [2.05, 4.69) is 13.0 Å². The molecule has 0 amide bonds. The van der Waals surface area contributed by atoms with Crippen LogP contribution in [-0.4, -0.2) is 13.7 Å². The van der Waals surface area contributed by atoms with Crippen LogP contribution in [0.4, 0.5) is 0 Å². The molecule has 0 radical (unpaired) electrons. The fraction of sp³-hybridized carbons (Fsp3) is 0.625. The summed E-state index contributed by atoms with van der Waals surface area (Å²) in [5, 5.41) is 0.695. The lowest BCUT2D eigenvalue weighted by Crippen LogP contribution is -2.11. The molecule has 2 N–H and O–H groups in total. The molecule has 1 aromatic carbocycles. The molecule has 2 rings (SSSR count). The van der Waals surface area contributed by atoms with Gasteiger partial charge in [0.15, 0.2) is 0 Å². The summed E-state index contributed by atoms with van der Waals surface area (Å²) < 4.78 is 5.38. The Morgan fingerprint density at radius 2 is 2.16 bits per heavy atom. The Morgan fingerprint density at radius 3 is 2.79 bits per heavy atom. The molecule has 19 heavy (non-hydrogen) atoms. The van der Waals surface area contributed by atoms with Crippen LogP contribution in [0.2, 0.25) is 5.02 Å². The highest BCUT2D eigenvalue weighted by molar-refractivity contribution is 6.32. The first kappa shape index (κ1) is 14.7. The molecular formula is C16H24ClNO. The number of hydrogen-bond donors (Lipinski definition) is 1. The molecule has 106 valence electrons. The van der Waals surface area contributed by atoms with Crippen molar-refractivity contribution in [3.8, 4) is 5.75 Å². The summed E-state index contributed by atoms with van der Waals surface area (Å²) >= 11 is 6.25. The van der Waals surface area contributed by atoms with Crippen LogP contribution in [0, 0.1) is 5.92 Å². The second-order valence-electron chi connectivity index (χ2n) is 5.43. The van der Waals surface area contributed by atoms with E-state index in [-0.39, 0.29) is 0 Å². The van der Waals surface area contributed by atoms with Crippen LogP contribution in [0.15, 0.2) is 12.1 Å². The van der Waals surface area contributed by atoms with E-state index in [0.29, 0.717) is 17.5 Å². The van der Waals surface area contributed by atoms with Gasteiger partial charge in [-0.15, -0.1) is 0 Å². The summed E-state index contributed by atoms with van der Waals surface area (Å²) in [6.07, 6.45) is 6.09. The maximum absolute atomic E-state index is 6.25. The zero-order valence-electron chi connectivity index (χ0n) is 11.9. The fourth-order valence-electron chi connectivity index (χ4n) is 3.42. The van der Waals surface area contributed by atoms with Gasteiger partial charge in [0.2, 0.25) is 0 Å². The van der Waals surface area contributed by atoms with Crippen molar-refractivity contribution < 1.29 is 4.74 Å². The molecule has 0 bridgehead atoms. The third-order valence-corrected chi connectivity index (χ3v) is 4.71. The summed E-state index contributed by atoms with van der Waals surface area (Å²) in [6.45, 7) is 2.96. The molecule has 2 nitrogen and oxygen atoms in total. The number of rotatable bonds is 5. The smallest absolute Gasteiger partial charge is 0.137 e. The van der Waals surface area contributed by atoms with Crippen molar-refractivity contribution in [3.63, 3.8) is 0 Å². The highest BCUT2D eigenvalue weighted by Gasteiger charge is 2.29. The molecule has 1 aliphatic rings. The molecular weight excluding hydrogens is 258 g/mol. The van der Waals surface area contributed by atoms with Crippen LogP contribution in [-0.2, 0) is 6.42 Å². The third-order valence-electron chi connectivity index (χ3n) is 4.41. The van der Waals surface area contributed by atoms with Crippen LogP contribution in [0.25, 0.3) is 0 Å². The molecule has 0 saturated heterocycles. The third kappa shape index (κ3) is 3.06.